The fourth-order valence-corrected chi connectivity index (χ4v) is 8.35. The van der Waals surface area contributed by atoms with E-state index in [1.54, 1.807) is 17.8 Å². The van der Waals surface area contributed by atoms with E-state index in [2.05, 4.69) is 9.56 Å². The number of thiophene rings is 1. The molecule has 0 spiro atoms. The van der Waals surface area contributed by atoms with Gasteiger partial charge >= 0.3 is 0 Å². The van der Waals surface area contributed by atoms with Gasteiger partial charge in [0.25, 0.3) is 15.9 Å². The summed E-state index contributed by atoms with van der Waals surface area (Å²) in [5, 5.41) is 0. The lowest BCUT2D eigenvalue weighted by molar-refractivity contribution is -0.122. The number of hydrogen-bond acceptors (Lipinski definition) is 6. The van der Waals surface area contributed by atoms with E-state index in [9.17, 15) is 13.2 Å². The van der Waals surface area contributed by atoms with Crippen LogP contribution in [-0.4, -0.2) is 47.8 Å². The molecule has 0 saturated carbocycles. The molecule has 2 aromatic heterocycles. The molecule has 3 heterocycles. The zero-order valence-electron chi connectivity index (χ0n) is 16.9. The Hall–Kier alpha value is -1.17. The van der Waals surface area contributed by atoms with Gasteiger partial charge in [-0.1, -0.05) is 41.5 Å². The molecule has 1 aliphatic heterocycles. The third kappa shape index (κ3) is 4.79. The number of thiazole rings is 1. The third-order valence-corrected chi connectivity index (χ3v) is 10.4. The number of benzene rings is 1. The number of rotatable bonds is 6. The highest BCUT2D eigenvalue weighted by Gasteiger charge is 2.38. The standard InChI is InChI=1S/C20H22ClN3O3S4/c1-28-13-12-23-14-6-2-3-8-16(14)29-20(23)22-19(25)15-7-4-5-11-24(15)31(26,27)18-10-9-17(21)30-18/h2-3,6,8-10,15H,4-5,7,11-13H2,1H3. The normalized spacial score (nSPS) is 18.6. The van der Waals surface area contributed by atoms with Crippen LogP contribution >= 0.6 is 46.0 Å². The maximum Gasteiger partial charge on any atom is 0.266 e. The Kier molecular flexibility index (Phi) is 7.24. The molecule has 1 atom stereocenters. The van der Waals surface area contributed by atoms with Crippen LogP contribution < -0.4 is 4.80 Å². The molecule has 11 heteroatoms. The molecule has 0 aliphatic carbocycles. The van der Waals surface area contributed by atoms with Crippen LogP contribution in [-0.2, 0) is 21.4 Å². The van der Waals surface area contributed by atoms with Gasteiger partial charge < -0.3 is 4.57 Å². The van der Waals surface area contributed by atoms with E-state index in [4.69, 9.17) is 11.6 Å². The van der Waals surface area contributed by atoms with Crippen molar-refractivity contribution in [3.8, 4) is 0 Å². The van der Waals surface area contributed by atoms with Crippen LogP contribution in [0.15, 0.2) is 45.6 Å². The number of carbonyl (C=O) groups excluding carboxylic acids is 1. The Morgan fingerprint density at radius 1 is 1.23 bits per heavy atom. The highest BCUT2D eigenvalue weighted by Crippen LogP contribution is 2.32. The van der Waals surface area contributed by atoms with E-state index in [0.717, 1.165) is 46.7 Å². The smallest absolute Gasteiger partial charge is 0.266 e. The van der Waals surface area contributed by atoms with Crippen molar-refractivity contribution in [3.63, 3.8) is 0 Å². The minimum atomic E-state index is -3.80. The number of aryl methyl sites for hydroxylation is 1. The van der Waals surface area contributed by atoms with Crippen molar-refractivity contribution in [3.05, 3.63) is 45.5 Å². The number of piperidine rings is 1. The Bertz CT molecular complexity index is 1260. The molecule has 4 rings (SSSR count). The lowest BCUT2D eigenvalue weighted by atomic mass is 10.0. The number of nitrogens with zero attached hydrogens (tertiary/aromatic N) is 3. The molecule has 0 radical (unpaired) electrons. The number of fused-ring (bicyclic) bond motifs is 1. The third-order valence-electron chi connectivity index (χ3n) is 5.16. The molecule has 1 saturated heterocycles. The number of hydrogen-bond donors (Lipinski definition) is 0. The van der Waals surface area contributed by atoms with Crippen LogP contribution in [0.25, 0.3) is 10.2 Å². The minimum absolute atomic E-state index is 0.161. The fourth-order valence-electron chi connectivity index (χ4n) is 3.66. The summed E-state index contributed by atoms with van der Waals surface area (Å²) in [5.74, 6) is 0.487. The van der Waals surface area contributed by atoms with E-state index in [1.807, 2.05) is 30.5 Å². The van der Waals surface area contributed by atoms with Crippen molar-refractivity contribution >= 4 is 72.2 Å². The Labute approximate surface area is 198 Å². The van der Waals surface area contributed by atoms with Crippen LogP contribution in [0.3, 0.4) is 0 Å². The monoisotopic (exact) mass is 515 g/mol. The van der Waals surface area contributed by atoms with Crippen molar-refractivity contribution in [1.29, 1.82) is 0 Å². The van der Waals surface area contributed by atoms with Gasteiger partial charge in [-0.25, -0.2) is 8.42 Å². The molecule has 3 aromatic rings. The first-order chi connectivity index (χ1) is 14.9. The van der Waals surface area contributed by atoms with E-state index in [0.29, 0.717) is 22.1 Å². The van der Waals surface area contributed by atoms with Crippen LogP contribution in [0.5, 0.6) is 0 Å². The quantitative estimate of drug-likeness (QED) is 0.486. The number of thioether (sulfide) groups is 1. The molecule has 0 bridgehead atoms. The molecule has 1 unspecified atom stereocenters. The zero-order valence-corrected chi connectivity index (χ0v) is 20.9. The molecule has 1 aromatic carbocycles. The summed E-state index contributed by atoms with van der Waals surface area (Å²) in [5.41, 5.74) is 1.04. The molecule has 1 fully saturated rings. The molecule has 1 aliphatic rings. The summed E-state index contributed by atoms with van der Waals surface area (Å²) >= 11 is 10.2. The van der Waals surface area contributed by atoms with E-state index < -0.39 is 22.0 Å². The van der Waals surface area contributed by atoms with Gasteiger partial charge in [-0.3, -0.25) is 4.79 Å². The van der Waals surface area contributed by atoms with E-state index in [1.165, 1.54) is 21.7 Å². The summed E-state index contributed by atoms with van der Waals surface area (Å²) in [4.78, 5) is 18.3. The van der Waals surface area contributed by atoms with Gasteiger partial charge in [0.2, 0.25) is 0 Å². The average Bonchev–Trinajstić information content (AvgIpc) is 3.36. The number of carbonyl (C=O) groups is 1. The van der Waals surface area contributed by atoms with Gasteiger partial charge in [-0.2, -0.15) is 21.1 Å². The minimum Gasteiger partial charge on any atom is -0.316 e. The van der Waals surface area contributed by atoms with Crippen molar-refractivity contribution in [2.24, 2.45) is 4.99 Å². The lowest BCUT2D eigenvalue weighted by Crippen LogP contribution is -2.47. The topological polar surface area (TPSA) is 71.7 Å². The first-order valence-electron chi connectivity index (χ1n) is 9.85. The second kappa shape index (κ2) is 9.76. The lowest BCUT2D eigenvalue weighted by Gasteiger charge is -2.31. The van der Waals surface area contributed by atoms with E-state index >= 15 is 0 Å². The van der Waals surface area contributed by atoms with Gasteiger partial charge in [-0.05, 0) is 43.4 Å². The second-order valence-corrected chi connectivity index (χ2v) is 13.0. The number of halogens is 1. The van der Waals surface area contributed by atoms with Crippen molar-refractivity contribution in [1.82, 2.24) is 8.87 Å². The highest BCUT2D eigenvalue weighted by atomic mass is 35.5. The highest BCUT2D eigenvalue weighted by molar-refractivity contribution is 7.98. The van der Waals surface area contributed by atoms with Gasteiger partial charge in [0.15, 0.2) is 4.80 Å². The maximum atomic E-state index is 13.3. The van der Waals surface area contributed by atoms with Crippen LogP contribution in [0.4, 0.5) is 0 Å². The first kappa shape index (κ1) is 23.0. The van der Waals surface area contributed by atoms with Gasteiger partial charge in [-0.15, -0.1) is 11.3 Å². The summed E-state index contributed by atoms with van der Waals surface area (Å²) in [6, 6.07) is 10.2. The van der Waals surface area contributed by atoms with Crippen LogP contribution in [0.1, 0.15) is 19.3 Å². The Morgan fingerprint density at radius 2 is 2.03 bits per heavy atom. The van der Waals surface area contributed by atoms with Crippen LogP contribution in [0.2, 0.25) is 4.34 Å². The van der Waals surface area contributed by atoms with Gasteiger partial charge in [0, 0.05) is 18.8 Å². The number of sulfonamides is 1. The number of para-hydroxylation sites is 1. The fraction of sp³-hybridized carbons (Fsp3) is 0.400. The van der Waals surface area contributed by atoms with Crippen molar-refractivity contribution in [2.45, 2.75) is 36.1 Å². The molecule has 31 heavy (non-hydrogen) atoms. The Morgan fingerprint density at radius 3 is 2.77 bits per heavy atom. The molecular formula is C20H22ClN3O3S4. The first-order valence-corrected chi connectivity index (χ1v) is 14.7. The van der Waals surface area contributed by atoms with Gasteiger partial charge in [0.05, 0.1) is 14.6 Å². The summed E-state index contributed by atoms with van der Waals surface area (Å²) in [6.45, 7) is 1.04. The predicted molar refractivity (Wildman–Crippen MR) is 130 cm³/mol. The van der Waals surface area contributed by atoms with Gasteiger partial charge in [0.1, 0.15) is 10.3 Å². The SMILES string of the molecule is CSCCn1c(=NC(=O)C2CCCCN2S(=O)(=O)c2ccc(Cl)s2)sc2ccccc21. The van der Waals surface area contributed by atoms with Crippen molar-refractivity contribution < 1.29 is 13.2 Å². The molecule has 1 amide bonds. The predicted octanol–water partition coefficient (Wildman–Crippen LogP) is 4.45. The average molecular weight is 516 g/mol. The second-order valence-electron chi connectivity index (χ2n) is 7.13. The molecular weight excluding hydrogens is 494 g/mol. The Balaban J connectivity index is 1.72. The molecule has 6 nitrogen and oxygen atoms in total. The van der Waals surface area contributed by atoms with Crippen LogP contribution in [0, 0.1) is 0 Å². The summed E-state index contributed by atoms with van der Waals surface area (Å²) in [6.07, 6.45) is 4.02. The zero-order chi connectivity index (χ0) is 22.0. The number of amides is 1. The summed E-state index contributed by atoms with van der Waals surface area (Å²) in [7, 11) is -3.80. The maximum absolute atomic E-state index is 13.3. The molecule has 0 N–H and O–H groups in total. The van der Waals surface area contributed by atoms with Crippen molar-refractivity contribution in [2.75, 3.05) is 18.6 Å². The molecule has 166 valence electrons. The largest absolute Gasteiger partial charge is 0.316 e. The van der Waals surface area contributed by atoms with E-state index in [-0.39, 0.29) is 4.21 Å². The summed E-state index contributed by atoms with van der Waals surface area (Å²) < 4.78 is 31.4. The number of aromatic nitrogens is 1.